The van der Waals surface area contributed by atoms with Crippen molar-refractivity contribution in [2.75, 3.05) is 0 Å². The van der Waals surface area contributed by atoms with E-state index in [1.54, 1.807) is 0 Å². The molecule has 0 saturated carbocycles. The summed E-state index contributed by atoms with van der Waals surface area (Å²) in [4.78, 5) is 0. The number of hydrogen-bond donors (Lipinski definition) is 0. The van der Waals surface area contributed by atoms with Gasteiger partial charge < -0.3 is 0 Å². The molecule has 1 heteroatoms. The molecule has 0 unspecified atom stereocenters. The molecule has 1 radical (unpaired) electrons. The van der Waals surface area contributed by atoms with Crippen LogP contribution < -0.4 is 0 Å². The zero-order chi connectivity index (χ0) is 15.5. The standard InChI is InChI=1S/C22H32.Na/c1-2-3-4-5-6-7-8-9-10-11-15-20-17-14-18-21-16-12-13-19-22(20)21;/h12-14,16-19H,2-11,15H2,1H3;. The van der Waals surface area contributed by atoms with Crippen molar-refractivity contribution in [3.8, 4) is 0 Å². The second-order valence-corrected chi connectivity index (χ2v) is 6.57. The van der Waals surface area contributed by atoms with Gasteiger partial charge in [0.05, 0.1) is 0 Å². The average molecular weight is 319 g/mol. The van der Waals surface area contributed by atoms with Crippen LogP contribution in [0.5, 0.6) is 0 Å². The van der Waals surface area contributed by atoms with Crippen LogP contribution in [0.25, 0.3) is 10.8 Å². The summed E-state index contributed by atoms with van der Waals surface area (Å²) in [6, 6.07) is 15.5. The molecule has 0 spiro atoms. The Morgan fingerprint density at radius 1 is 0.609 bits per heavy atom. The minimum Gasteiger partial charge on any atom is -0.0654 e. The summed E-state index contributed by atoms with van der Waals surface area (Å²) < 4.78 is 0. The molecule has 2 aromatic carbocycles. The average Bonchev–Trinajstić information content (AvgIpc) is 2.56. The number of benzene rings is 2. The summed E-state index contributed by atoms with van der Waals surface area (Å²) in [7, 11) is 0. The predicted octanol–water partition coefficient (Wildman–Crippen LogP) is 6.92. The molecular formula is C22H32Na. The fourth-order valence-corrected chi connectivity index (χ4v) is 3.31. The Balaban J connectivity index is 0.00000264. The van der Waals surface area contributed by atoms with E-state index in [2.05, 4.69) is 49.4 Å². The van der Waals surface area contributed by atoms with Crippen LogP contribution in [0.1, 0.15) is 76.7 Å². The van der Waals surface area contributed by atoms with Gasteiger partial charge in [-0.3, -0.25) is 0 Å². The molecule has 0 amide bonds. The monoisotopic (exact) mass is 319 g/mol. The van der Waals surface area contributed by atoms with Gasteiger partial charge in [-0.15, -0.1) is 0 Å². The molecule has 0 heterocycles. The van der Waals surface area contributed by atoms with Crippen LogP contribution in [0.4, 0.5) is 0 Å². The Bertz CT molecular complexity index is 527. The molecule has 0 nitrogen and oxygen atoms in total. The van der Waals surface area contributed by atoms with E-state index in [-0.39, 0.29) is 29.6 Å². The van der Waals surface area contributed by atoms with Gasteiger partial charge in [0, 0.05) is 29.6 Å². The largest absolute Gasteiger partial charge is 0.0654 e. The maximum absolute atomic E-state index is 2.30. The van der Waals surface area contributed by atoms with Crippen molar-refractivity contribution in [1.29, 1.82) is 0 Å². The summed E-state index contributed by atoms with van der Waals surface area (Å²) in [6.45, 7) is 2.29. The molecule has 0 aliphatic heterocycles. The van der Waals surface area contributed by atoms with E-state index in [0.717, 1.165) is 0 Å². The van der Waals surface area contributed by atoms with E-state index in [9.17, 15) is 0 Å². The maximum Gasteiger partial charge on any atom is 0 e. The Labute approximate surface area is 165 Å². The number of fused-ring (bicyclic) bond motifs is 1. The van der Waals surface area contributed by atoms with E-state index < -0.39 is 0 Å². The third kappa shape index (κ3) is 7.88. The third-order valence-electron chi connectivity index (χ3n) is 4.68. The predicted molar refractivity (Wildman–Crippen MR) is 105 cm³/mol. The van der Waals surface area contributed by atoms with Gasteiger partial charge in [0.25, 0.3) is 0 Å². The van der Waals surface area contributed by atoms with Gasteiger partial charge in [-0.25, -0.2) is 0 Å². The maximum atomic E-state index is 2.30. The first-order chi connectivity index (χ1) is 10.9. The molecule has 0 N–H and O–H groups in total. The Morgan fingerprint density at radius 2 is 1.17 bits per heavy atom. The van der Waals surface area contributed by atoms with E-state index in [1.165, 1.54) is 87.0 Å². The van der Waals surface area contributed by atoms with Crippen LogP contribution in [0, 0.1) is 0 Å². The van der Waals surface area contributed by atoms with E-state index >= 15 is 0 Å². The summed E-state index contributed by atoms with van der Waals surface area (Å²) in [5, 5.41) is 2.83. The normalized spacial score (nSPS) is 10.7. The van der Waals surface area contributed by atoms with Crippen molar-refractivity contribution in [2.24, 2.45) is 0 Å². The molecule has 23 heavy (non-hydrogen) atoms. The Kier molecular flexibility index (Phi) is 11.8. The Hall–Kier alpha value is -0.300. The van der Waals surface area contributed by atoms with Crippen LogP contribution in [-0.4, -0.2) is 29.6 Å². The van der Waals surface area contributed by atoms with Gasteiger partial charge in [0.2, 0.25) is 0 Å². The molecule has 0 fully saturated rings. The van der Waals surface area contributed by atoms with Crippen molar-refractivity contribution < 1.29 is 0 Å². The summed E-state index contributed by atoms with van der Waals surface area (Å²) in [5.41, 5.74) is 1.53. The van der Waals surface area contributed by atoms with Crippen LogP contribution in [0.2, 0.25) is 0 Å². The van der Waals surface area contributed by atoms with Crippen molar-refractivity contribution in [3.05, 3.63) is 48.0 Å². The first kappa shape index (κ1) is 20.7. The quantitative estimate of drug-likeness (QED) is 0.311. The first-order valence-corrected chi connectivity index (χ1v) is 9.38. The van der Waals surface area contributed by atoms with Gasteiger partial charge in [-0.1, -0.05) is 107 Å². The first-order valence-electron chi connectivity index (χ1n) is 9.38. The van der Waals surface area contributed by atoms with Crippen LogP contribution in [0.3, 0.4) is 0 Å². The van der Waals surface area contributed by atoms with Crippen LogP contribution in [0.15, 0.2) is 42.5 Å². The molecule has 2 aromatic rings. The summed E-state index contributed by atoms with van der Waals surface area (Å²) in [6.07, 6.45) is 15.4. The number of hydrogen-bond acceptors (Lipinski definition) is 0. The minimum atomic E-state index is 0. The van der Waals surface area contributed by atoms with Crippen molar-refractivity contribution in [3.63, 3.8) is 0 Å². The number of rotatable bonds is 11. The van der Waals surface area contributed by atoms with Gasteiger partial charge in [0.1, 0.15) is 0 Å². The number of unbranched alkanes of at least 4 members (excludes halogenated alkanes) is 9. The molecule has 0 aliphatic rings. The minimum absolute atomic E-state index is 0. The molecule has 0 saturated heterocycles. The smallest absolute Gasteiger partial charge is 0 e. The summed E-state index contributed by atoms with van der Waals surface area (Å²) in [5.74, 6) is 0. The SMILES string of the molecule is CCCCCCCCCCCCc1cccc2ccccc12.[Na]. The van der Waals surface area contributed by atoms with Gasteiger partial charge in [-0.2, -0.15) is 0 Å². The second-order valence-electron chi connectivity index (χ2n) is 6.57. The van der Waals surface area contributed by atoms with E-state index in [1.807, 2.05) is 0 Å². The zero-order valence-electron chi connectivity index (χ0n) is 15.3. The molecule has 0 bridgehead atoms. The molecule has 2 rings (SSSR count). The van der Waals surface area contributed by atoms with Gasteiger partial charge in [-0.05, 0) is 29.2 Å². The molecule has 0 aromatic heterocycles. The summed E-state index contributed by atoms with van der Waals surface area (Å²) >= 11 is 0. The fourth-order valence-electron chi connectivity index (χ4n) is 3.31. The molecule has 121 valence electrons. The van der Waals surface area contributed by atoms with Gasteiger partial charge in [0.15, 0.2) is 0 Å². The van der Waals surface area contributed by atoms with E-state index in [4.69, 9.17) is 0 Å². The van der Waals surface area contributed by atoms with Crippen molar-refractivity contribution in [2.45, 2.75) is 77.6 Å². The molecular weight excluding hydrogens is 287 g/mol. The molecule has 0 atom stereocenters. The fraction of sp³-hybridized carbons (Fsp3) is 0.545. The Morgan fingerprint density at radius 3 is 1.87 bits per heavy atom. The number of aryl methyl sites for hydroxylation is 1. The second kappa shape index (κ2) is 13.0. The zero-order valence-corrected chi connectivity index (χ0v) is 17.3. The van der Waals surface area contributed by atoms with Gasteiger partial charge >= 0.3 is 0 Å². The van der Waals surface area contributed by atoms with Crippen molar-refractivity contribution in [1.82, 2.24) is 0 Å². The molecule has 0 aliphatic carbocycles. The topological polar surface area (TPSA) is 0 Å². The van der Waals surface area contributed by atoms with Crippen molar-refractivity contribution >= 4 is 40.3 Å². The van der Waals surface area contributed by atoms with Crippen LogP contribution in [-0.2, 0) is 6.42 Å². The third-order valence-corrected chi connectivity index (χ3v) is 4.68. The van der Waals surface area contributed by atoms with E-state index in [0.29, 0.717) is 0 Å². The van der Waals surface area contributed by atoms with Crippen LogP contribution >= 0.6 is 0 Å².